The Morgan fingerprint density at radius 2 is 1.10 bits per heavy atom. The van der Waals surface area contributed by atoms with Gasteiger partial charge in [0.25, 0.3) is 0 Å². The average molecular weight is 440 g/mol. The first-order valence-corrected chi connectivity index (χ1v) is 13.8. The van der Waals surface area contributed by atoms with Crippen molar-refractivity contribution in [1.82, 2.24) is 4.90 Å². The van der Waals surface area contributed by atoms with Crippen LogP contribution in [0.15, 0.2) is 0 Å². The van der Waals surface area contributed by atoms with Gasteiger partial charge in [-0.05, 0) is 44.2 Å². The molecule has 0 amide bonds. The maximum absolute atomic E-state index is 12.4. The number of hydrogen-bond acceptors (Lipinski definition) is 3. The number of ether oxygens (including phenoxy) is 1. The van der Waals surface area contributed by atoms with E-state index in [1.165, 1.54) is 96.3 Å². The van der Waals surface area contributed by atoms with Crippen LogP contribution in [0.3, 0.4) is 0 Å². The van der Waals surface area contributed by atoms with Gasteiger partial charge in [0.1, 0.15) is 0 Å². The van der Waals surface area contributed by atoms with Crippen LogP contribution in [-0.2, 0) is 9.53 Å². The summed E-state index contributed by atoms with van der Waals surface area (Å²) in [4.78, 5) is 14.7. The predicted molar refractivity (Wildman–Crippen MR) is 137 cm³/mol. The van der Waals surface area contributed by atoms with E-state index in [4.69, 9.17) is 4.74 Å². The summed E-state index contributed by atoms with van der Waals surface area (Å²) < 4.78 is 5.55. The van der Waals surface area contributed by atoms with Crippen LogP contribution in [0.2, 0.25) is 0 Å². The molecule has 0 saturated heterocycles. The molecule has 3 nitrogen and oxygen atoms in total. The fourth-order valence-corrected chi connectivity index (χ4v) is 4.05. The van der Waals surface area contributed by atoms with Crippen LogP contribution in [0, 0.1) is 11.8 Å². The van der Waals surface area contributed by atoms with Gasteiger partial charge < -0.3 is 4.74 Å². The molecule has 0 aromatic rings. The van der Waals surface area contributed by atoms with Gasteiger partial charge in [0.2, 0.25) is 0 Å². The third-order valence-corrected chi connectivity index (χ3v) is 6.13. The fourth-order valence-electron chi connectivity index (χ4n) is 4.05. The second kappa shape index (κ2) is 22.6. The summed E-state index contributed by atoms with van der Waals surface area (Å²) in [5, 5.41) is 0. The van der Waals surface area contributed by atoms with Crippen LogP contribution in [0.4, 0.5) is 0 Å². The van der Waals surface area contributed by atoms with Crippen LogP contribution in [0.25, 0.3) is 0 Å². The monoisotopic (exact) mass is 439 g/mol. The zero-order chi connectivity index (χ0) is 23.2. The molecule has 0 heterocycles. The van der Waals surface area contributed by atoms with E-state index in [9.17, 15) is 4.79 Å². The van der Waals surface area contributed by atoms with E-state index in [0.29, 0.717) is 13.2 Å². The fraction of sp³-hybridized carbons (Fsp3) is 0.964. The lowest BCUT2D eigenvalue weighted by Gasteiger charge is -2.21. The number of nitrogens with zero attached hydrogens (tertiary/aromatic N) is 1. The second-order valence-electron chi connectivity index (χ2n) is 10.5. The summed E-state index contributed by atoms with van der Waals surface area (Å²) >= 11 is 0. The standard InChI is InChI=1S/C28H57NO2/c1-6-7-8-9-10-11-12-19-24-31-28(30)25-29(22-17-13-15-20-26(2)3)23-18-14-16-21-27(4)5/h26-27H,6-25H2,1-5H3. The first-order chi connectivity index (χ1) is 15.0. The minimum absolute atomic E-state index is 0.0210. The lowest BCUT2D eigenvalue weighted by molar-refractivity contribution is -0.145. The van der Waals surface area contributed by atoms with Crippen molar-refractivity contribution in [1.29, 1.82) is 0 Å². The third kappa shape index (κ3) is 23.9. The molecule has 0 aromatic carbocycles. The number of carbonyl (C=O) groups is 1. The summed E-state index contributed by atoms with van der Waals surface area (Å²) in [6.07, 6.45) is 20.4. The van der Waals surface area contributed by atoms with Crippen LogP contribution >= 0.6 is 0 Å². The molecule has 0 unspecified atom stereocenters. The van der Waals surface area contributed by atoms with Crippen molar-refractivity contribution in [2.24, 2.45) is 11.8 Å². The molecule has 31 heavy (non-hydrogen) atoms. The van der Waals surface area contributed by atoms with E-state index < -0.39 is 0 Å². The van der Waals surface area contributed by atoms with E-state index >= 15 is 0 Å². The summed E-state index contributed by atoms with van der Waals surface area (Å²) in [7, 11) is 0. The van der Waals surface area contributed by atoms with Crippen LogP contribution in [-0.4, -0.2) is 37.1 Å². The van der Waals surface area contributed by atoms with E-state index in [0.717, 1.165) is 31.3 Å². The zero-order valence-electron chi connectivity index (χ0n) is 22.1. The SMILES string of the molecule is CCCCCCCCCCOC(=O)CN(CCCCCC(C)C)CCCCCC(C)C. The molecule has 0 aliphatic heterocycles. The Hall–Kier alpha value is -0.570. The van der Waals surface area contributed by atoms with Crippen molar-refractivity contribution in [3.8, 4) is 0 Å². The normalized spacial score (nSPS) is 11.7. The topological polar surface area (TPSA) is 29.5 Å². The summed E-state index contributed by atoms with van der Waals surface area (Å²) in [6, 6.07) is 0. The number of carbonyl (C=O) groups excluding carboxylic acids is 1. The van der Waals surface area contributed by atoms with E-state index in [1.54, 1.807) is 0 Å². The summed E-state index contributed by atoms with van der Waals surface area (Å²) in [5.74, 6) is 1.57. The maximum atomic E-state index is 12.4. The van der Waals surface area contributed by atoms with Crippen LogP contribution < -0.4 is 0 Å². The lowest BCUT2D eigenvalue weighted by atomic mass is 10.0. The average Bonchev–Trinajstić information content (AvgIpc) is 2.71. The predicted octanol–water partition coefficient (Wildman–Crippen LogP) is 8.41. The maximum Gasteiger partial charge on any atom is 0.320 e. The van der Waals surface area contributed by atoms with Crippen molar-refractivity contribution in [2.45, 2.75) is 137 Å². The Balaban J connectivity index is 3.99. The molecule has 0 aliphatic carbocycles. The Labute approximate surface area is 196 Å². The molecule has 0 aliphatic rings. The largest absolute Gasteiger partial charge is 0.465 e. The van der Waals surface area contributed by atoms with Crippen molar-refractivity contribution in [3.05, 3.63) is 0 Å². The smallest absolute Gasteiger partial charge is 0.320 e. The van der Waals surface area contributed by atoms with Crippen molar-refractivity contribution < 1.29 is 9.53 Å². The van der Waals surface area contributed by atoms with Gasteiger partial charge in [0.05, 0.1) is 13.2 Å². The lowest BCUT2D eigenvalue weighted by Crippen LogP contribution is -2.33. The third-order valence-electron chi connectivity index (χ3n) is 6.13. The molecule has 3 heteroatoms. The second-order valence-corrected chi connectivity index (χ2v) is 10.5. The number of rotatable bonds is 23. The van der Waals surface area contributed by atoms with Gasteiger partial charge in [-0.2, -0.15) is 0 Å². The Bertz CT molecular complexity index is 363. The molecule has 0 spiro atoms. The van der Waals surface area contributed by atoms with E-state index in [2.05, 4.69) is 39.5 Å². The van der Waals surface area contributed by atoms with Crippen molar-refractivity contribution in [3.63, 3.8) is 0 Å². The highest BCUT2D eigenvalue weighted by Gasteiger charge is 2.12. The van der Waals surface area contributed by atoms with Crippen LogP contribution in [0.5, 0.6) is 0 Å². The van der Waals surface area contributed by atoms with Gasteiger partial charge in [0.15, 0.2) is 0 Å². The summed E-state index contributed by atoms with van der Waals surface area (Å²) in [5.41, 5.74) is 0. The molecule has 186 valence electrons. The Kier molecular flexibility index (Phi) is 22.2. The molecular formula is C28H57NO2. The van der Waals surface area contributed by atoms with Gasteiger partial charge in [-0.25, -0.2) is 0 Å². The first-order valence-electron chi connectivity index (χ1n) is 13.8. The molecule has 0 radical (unpaired) electrons. The first kappa shape index (κ1) is 30.4. The molecular weight excluding hydrogens is 382 g/mol. The zero-order valence-corrected chi connectivity index (χ0v) is 22.1. The van der Waals surface area contributed by atoms with Gasteiger partial charge in [-0.1, -0.05) is 118 Å². The van der Waals surface area contributed by atoms with Gasteiger partial charge in [-0.15, -0.1) is 0 Å². The van der Waals surface area contributed by atoms with Gasteiger partial charge in [-0.3, -0.25) is 9.69 Å². The molecule has 0 saturated carbocycles. The minimum atomic E-state index is -0.0210. The van der Waals surface area contributed by atoms with Crippen molar-refractivity contribution >= 4 is 5.97 Å². The highest BCUT2D eigenvalue weighted by Crippen LogP contribution is 2.12. The minimum Gasteiger partial charge on any atom is -0.465 e. The number of hydrogen-bond donors (Lipinski definition) is 0. The number of unbranched alkanes of at least 4 members (excludes halogenated alkanes) is 11. The highest BCUT2D eigenvalue weighted by atomic mass is 16.5. The van der Waals surface area contributed by atoms with E-state index in [-0.39, 0.29) is 5.97 Å². The molecule has 0 aromatic heterocycles. The van der Waals surface area contributed by atoms with Gasteiger partial charge >= 0.3 is 5.97 Å². The molecule has 0 rings (SSSR count). The molecule has 0 N–H and O–H groups in total. The number of esters is 1. The van der Waals surface area contributed by atoms with Gasteiger partial charge in [0, 0.05) is 0 Å². The van der Waals surface area contributed by atoms with Crippen LogP contribution in [0.1, 0.15) is 137 Å². The molecule has 0 atom stereocenters. The quantitative estimate of drug-likeness (QED) is 0.118. The molecule has 0 fully saturated rings. The molecule has 0 bridgehead atoms. The highest BCUT2D eigenvalue weighted by molar-refractivity contribution is 5.71. The summed E-state index contributed by atoms with van der Waals surface area (Å²) in [6.45, 7) is 14.6. The Morgan fingerprint density at radius 1 is 0.645 bits per heavy atom. The van der Waals surface area contributed by atoms with E-state index in [1.807, 2.05) is 0 Å². The van der Waals surface area contributed by atoms with Crippen molar-refractivity contribution in [2.75, 3.05) is 26.2 Å². The Morgan fingerprint density at radius 3 is 1.58 bits per heavy atom.